The highest BCUT2D eigenvalue weighted by Gasteiger charge is 2.09. The molecular formula is C15H20N2S. The highest BCUT2D eigenvalue weighted by Crippen LogP contribution is 2.18. The summed E-state index contributed by atoms with van der Waals surface area (Å²) in [7, 11) is 0. The molecule has 0 amide bonds. The lowest BCUT2D eigenvalue weighted by atomic mass is 10.1. The third kappa shape index (κ3) is 3.18. The molecule has 1 unspecified atom stereocenters. The van der Waals surface area contributed by atoms with Gasteiger partial charge in [0.25, 0.3) is 0 Å². The van der Waals surface area contributed by atoms with Crippen molar-refractivity contribution < 1.29 is 0 Å². The predicted molar refractivity (Wildman–Crippen MR) is 77.9 cm³/mol. The predicted octanol–water partition coefficient (Wildman–Crippen LogP) is 3.86. The molecule has 0 bridgehead atoms. The third-order valence-electron chi connectivity index (χ3n) is 3.11. The van der Waals surface area contributed by atoms with E-state index in [1.807, 2.05) is 6.92 Å². The fourth-order valence-electron chi connectivity index (χ4n) is 2.00. The SMILES string of the molecule is CCc1ccccc1CNC(C)c1nc(C)cs1. The van der Waals surface area contributed by atoms with Crippen LogP contribution in [0, 0.1) is 6.92 Å². The number of nitrogens with one attached hydrogen (secondary N) is 1. The lowest BCUT2D eigenvalue weighted by Gasteiger charge is -2.13. The van der Waals surface area contributed by atoms with Gasteiger partial charge in [-0.05, 0) is 31.4 Å². The number of aryl methyl sites for hydroxylation is 2. The highest BCUT2D eigenvalue weighted by molar-refractivity contribution is 7.09. The van der Waals surface area contributed by atoms with E-state index < -0.39 is 0 Å². The molecule has 0 aliphatic rings. The van der Waals surface area contributed by atoms with Crippen molar-refractivity contribution >= 4 is 11.3 Å². The lowest BCUT2D eigenvalue weighted by Crippen LogP contribution is -2.18. The van der Waals surface area contributed by atoms with Crippen LogP contribution in [-0.2, 0) is 13.0 Å². The average molecular weight is 260 g/mol. The zero-order chi connectivity index (χ0) is 13.0. The van der Waals surface area contributed by atoms with Gasteiger partial charge in [-0.3, -0.25) is 0 Å². The summed E-state index contributed by atoms with van der Waals surface area (Å²) < 4.78 is 0. The largest absolute Gasteiger partial charge is 0.304 e. The molecule has 3 heteroatoms. The molecule has 1 N–H and O–H groups in total. The first-order valence-electron chi connectivity index (χ1n) is 6.43. The molecule has 0 spiro atoms. The van der Waals surface area contributed by atoms with Crippen LogP contribution in [0.5, 0.6) is 0 Å². The smallest absolute Gasteiger partial charge is 0.110 e. The van der Waals surface area contributed by atoms with Crippen molar-refractivity contribution in [1.82, 2.24) is 10.3 Å². The van der Waals surface area contributed by atoms with E-state index in [1.54, 1.807) is 11.3 Å². The minimum atomic E-state index is 0.314. The Kier molecular flexibility index (Phi) is 4.50. The van der Waals surface area contributed by atoms with Gasteiger partial charge in [-0.1, -0.05) is 31.2 Å². The molecule has 2 rings (SSSR count). The van der Waals surface area contributed by atoms with E-state index in [-0.39, 0.29) is 0 Å². The van der Waals surface area contributed by atoms with Gasteiger partial charge in [0.05, 0.1) is 6.04 Å². The maximum atomic E-state index is 4.52. The van der Waals surface area contributed by atoms with Crippen molar-refractivity contribution in [3.63, 3.8) is 0 Å². The van der Waals surface area contributed by atoms with Crippen molar-refractivity contribution in [2.24, 2.45) is 0 Å². The Bertz CT molecular complexity index is 505. The summed E-state index contributed by atoms with van der Waals surface area (Å²) in [5.74, 6) is 0. The number of rotatable bonds is 5. The van der Waals surface area contributed by atoms with Crippen LogP contribution in [0.15, 0.2) is 29.6 Å². The van der Waals surface area contributed by atoms with Gasteiger partial charge in [0.1, 0.15) is 5.01 Å². The molecule has 2 aromatic rings. The van der Waals surface area contributed by atoms with Crippen LogP contribution >= 0.6 is 11.3 Å². The number of thiazole rings is 1. The van der Waals surface area contributed by atoms with E-state index in [4.69, 9.17) is 0 Å². The summed E-state index contributed by atoms with van der Waals surface area (Å²) in [5.41, 5.74) is 3.92. The number of benzene rings is 1. The standard InChI is InChI=1S/C15H20N2S/c1-4-13-7-5-6-8-14(13)9-16-12(3)15-17-11(2)10-18-15/h5-8,10,12,16H,4,9H2,1-3H3. The molecule has 1 aromatic carbocycles. The Balaban J connectivity index is 1.99. The van der Waals surface area contributed by atoms with Gasteiger partial charge in [-0.2, -0.15) is 0 Å². The molecule has 0 saturated carbocycles. The Morgan fingerprint density at radius 2 is 2.00 bits per heavy atom. The molecule has 0 radical (unpaired) electrons. The second-order valence-electron chi connectivity index (χ2n) is 4.55. The second kappa shape index (κ2) is 6.12. The van der Waals surface area contributed by atoms with Gasteiger partial charge in [-0.25, -0.2) is 4.98 Å². The van der Waals surface area contributed by atoms with Crippen LogP contribution in [0.25, 0.3) is 0 Å². The third-order valence-corrected chi connectivity index (χ3v) is 4.25. The molecule has 0 aliphatic heterocycles. The lowest BCUT2D eigenvalue weighted by molar-refractivity contribution is 0.569. The van der Waals surface area contributed by atoms with Gasteiger partial charge in [0.2, 0.25) is 0 Å². The van der Waals surface area contributed by atoms with Crippen molar-refractivity contribution in [2.45, 2.75) is 39.8 Å². The van der Waals surface area contributed by atoms with Crippen LogP contribution < -0.4 is 5.32 Å². The van der Waals surface area contributed by atoms with Crippen LogP contribution in [0.1, 0.15) is 41.7 Å². The van der Waals surface area contributed by atoms with Crippen molar-refractivity contribution in [2.75, 3.05) is 0 Å². The van der Waals surface area contributed by atoms with Crippen LogP contribution in [0.4, 0.5) is 0 Å². The minimum Gasteiger partial charge on any atom is -0.304 e. The molecule has 96 valence electrons. The van der Waals surface area contributed by atoms with Crippen LogP contribution in [0.2, 0.25) is 0 Å². The molecule has 18 heavy (non-hydrogen) atoms. The summed E-state index contributed by atoms with van der Waals surface area (Å²) in [6, 6.07) is 8.93. The Morgan fingerprint density at radius 1 is 1.28 bits per heavy atom. The number of hydrogen-bond donors (Lipinski definition) is 1. The van der Waals surface area contributed by atoms with Gasteiger partial charge in [-0.15, -0.1) is 11.3 Å². The minimum absolute atomic E-state index is 0.314. The fraction of sp³-hybridized carbons (Fsp3) is 0.400. The average Bonchev–Trinajstić information content (AvgIpc) is 2.83. The summed E-state index contributed by atoms with van der Waals surface area (Å²) >= 11 is 1.73. The highest BCUT2D eigenvalue weighted by atomic mass is 32.1. The maximum Gasteiger partial charge on any atom is 0.110 e. The van der Waals surface area contributed by atoms with Gasteiger partial charge >= 0.3 is 0 Å². The molecule has 1 aromatic heterocycles. The summed E-state index contributed by atoms with van der Waals surface area (Å²) in [6.07, 6.45) is 1.09. The fourth-order valence-corrected chi connectivity index (χ4v) is 2.82. The Labute approximate surface area is 113 Å². The van der Waals surface area contributed by atoms with Crippen LogP contribution in [-0.4, -0.2) is 4.98 Å². The summed E-state index contributed by atoms with van der Waals surface area (Å²) in [6.45, 7) is 7.32. The number of hydrogen-bond acceptors (Lipinski definition) is 3. The molecule has 1 atom stereocenters. The summed E-state index contributed by atoms with van der Waals surface area (Å²) in [5, 5.41) is 6.82. The number of aromatic nitrogens is 1. The van der Waals surface area contributed by atoms with Crippen molar-refractivity contribution in [1.29, 1.82) is 0 Å². The topological polar surface area (TPSA) is 24.9 Å². The molecule has 0 aliphatic carbocycles. The quantitative estimate of drug-likeness (QED) is 0.883. The van der Waals surface area contributed by atoms with Crippen molar-refractivity contribution in [3.8, 4) is 0 Å². The molecule has 0 saturated heterocycles. The maximum absolute atomic E-state index is 4.52. The van der Waals surface area contributed by atoms with Gasteiger partial charge < -0.3 is 5.32 Å². The first-order chi connectivity index (χ1) is 8.70. The van der Waals surface area contributed by atoms with E-state index in [0.717, 1.165) is 18.7 Å². The van der Waals surface area contributed by atoms with E-state index >= 15 is 0 Å². The molecular weight excluding hydrogens is 240 g/mol. The van der Waals surface area contributed by atoms with E-state index in [9.17, 15) is 0 Å². The van der Waals surface area contributed by atoms with Crippen molar-refractivity contribution in [3.05, 3.63) is 51.5 Å². The molecule has 2 nitrogen and oxygen atoms in total. The Morgan fingerprint density at radius 3 is 2.61 bits per heavy atom. The van der Waals surface area contributed by atoms with E-state index in [1.165, 1.54) is 16.1 Å². The zero-order valence-corrected chi connectivity index (χ0v) is 12.1. The van der Waals surface area contributed by atoms with Gasteiger partial charge in [0.15, 0.2) is 0 Å². The zero-order valence-electron chi connectivity index (χ0n) is 11.2. The van der Waals surface area contributed by atoms with Crippen LogP contribution in [0.3, 0.4) is 0 Å². The summed E-state index contributed by atoms with van der Waals surface area (Å²) in [4.78, 5) is 4.52. The second-order valence-corrected chi connectivity index (χ2v) is 5.44. The first kappa shape index (κ1) is 13.2. The van der Waals surface area contributed by atoms with Gasteiger partial charge in [0, 0.05) is 17.6 Å². The molecule has 0 fully saturated rings. The number of nitrogens with zero attached hydrogens (tertiary/aromatic N) is 1. The van der Waals surface area contributed by atoms with E-state index in [0.29, 0.717) is 6.04 Å². The molecule has 1 heterocycles. The first-order valence-corrected chi connectivity index (χ1v) is 7.31. The Hall–Kier alpha value is -1.19. The normalized spacial score (nSPS) is 12.6. The monoisotopic (exact) mass is 260 g/mol. The van der Waals surface area contributed by atoms with E-state index in [2.05, 4.69) is 53.8 Å².